The van der Waals surface area contributed by atoms with Crippen molar-refractivity contribution in [2.75, 3.05) is 13.1 Å². The molecule has 0 atom stereocenters. The minimum Gasteiger partial charge on any atom is -0.489 e. The highest BCUT2D eigenvalue weighted by molar-refractivity contribution is 5.68. The van der Waals surface area contributed by atoms with Gasteiger partial charge in [-0.2, -0.15) is 0 Å². The molecule has 2 aromatic rings. The molecule has 0 spiro atoms. The summed E-state index contributed by atoms with van der Waals surface area (Å²) < 4.78 is 13.4. The van der Waals surface area contributed by atoms with Crippen LogP contribution in [-0.4, -0.2) is 50.2 Å². The van der Waals surface area contributed by atoms with Crippen LogP contribution in [0.1, 0.15) is 62.8 Å². The molecule has 2 aliphatic rings. The van der Waals surface area contributed by atoms with Crippen LogP contribution in [0.4, 0.5) is 4.79 Å². The molecule has 1 saturated heterocycles. The summed E-state index contributed by atoms with van der Waals surface area (Å²) in [5, 5.41) is 8.39. The normalized spacial score (nSPS) is 17.7. The Balaban J connectivity index is 1.45. The van der Waals surface area contributed by atoms with Crippen molar-refractivity contribution in [3.05, 3.63) is 23.5 Å². The molecule has 0 unspecified atom stereocenters. The van der Waals surface area contributed by atoms with Crippen LogP contribution < -0.4 is 4.74 Å². The van der Waals surface area contributed by atoms with Crippen molar-refractivity contribution in [1.82, 2.24) is 24.9 Å². The van der Waals surface area contributed by atoms with Crippen molar-refractivity contribution in [3.8, 4) is 17.1 Å². The number of nitrogens with zero attached hydrogens (tertiary/aromatic N) is 5. The third-order valence-corrected chi connectivity index (χ3v) is 6.02. The van der Waals surface area contributed by atoms with Gasteiger partial charge in [0.05, 0.1) is 17.5 Å². The smallest absolute Gasteiger partial charge is 0.410 e. The van der Waals surface area contributed by atoms with Gasteiger partial charge in [-0.15, -0.1) is 5.10 Å². The molecule has 30 heavy (non-hydrogen) atoms. The lowest BCUT2D eigenvalue weighted by atomic mass is 9.98. The second kappa shape index (κ2) is 9.45. The molecule has 0 radical (unpaired) electrons. The van der Waals surface area contributed by atoms with Crippen molar-refractivity contribution in [1.29, 1.82) is 0 Å². The van der Waals surface area contributed by atoms with Gasteiger partial charge in [0.1, 0.15) is 23.7 Å². The van der Waals surface area contributed by atoms with Crippen LogP contribution in [0.5, 0.6) is 5.75 Å². The Morgan fingerprint density at radius 1 is 1.10 bits per heavy atom. The van der Waals surface area contributed by atoms with E-state index >= 15 is 0 Å². The number of amides is 1. The van der Waals surface area contributed by atoms with Crippen LogP contribution in [0, 0.1) is 6.92 Å². The Kier molecular flexibility index (Phi) is 6.50. The van der Waals surface area contributed by atoms with Gasteiger partial charge < -0.3 is 14.4 Å². The van der Waals surface area contributed by atoms with Crippen LogP contribution in [0.15, 0.2) is 12.1 Å². The van der Waals surface area contributed by atoms with Gasteiger partial charge in [0.2, 0.25) is 0 Å². The average Bonchev–Trinajstić information content (AvgIpc) is 3.15. The number of piperidine rings is 1. The molecule has 1 amide bonds. The summed E-state index contributed by atoms with van der Waals surface area (Å²) in [7, 11) is 1.80. The van der Waals surface area contributed by atoms with Crippen molar-refractivity contribution < 1.29 is 14.3 Å². The third-order valence-electron chi connectivity index (χ3n) is 6.02. The van der Waals surface area contributed by atoms with Crippen LogP contribution in [0.3, 0.4) is 0 Å². The van der Waals surface area contributed by atoms with Crippen LogP contribution in [0.25, 0.3) is 11.4 Å². The Hall–Kier alpha value is -2.64. The highest BCUT2D eigenvalue weighted by Gasteiger charge is 2.22. The predicted molar refractivity (Wildman–Crippen MR) is 112 cm³/mol. The summed E-state index contributed by atoms with van der Waals surface area (Å²) in [5.41, 5.74) is 2.91. The lowest BCUT2D eigenvalue weighted by molar-refractivity contribution is 0.0876. The van der Waals surface area contributed by atoms with Crippen molar-refractivity contribution in [2.24, 2.45) is 7.05 Å². The molecule has 8 nitrogen and oxygen atoms in total. The van der Waals surface area contributed by atoms with E-state index in [1.54, 1.807) is 16.6 Å². The van der Waals surface area contributed by atoms with Crippen LogP contribution in [-0.2, 0) is 18.4 Å². The van der Waals surface area contributed by atoms with Crippen LogP contribution in [0.2, 0.25) is 0 Å². The molecule has 8 heteroatoms. The molecular weight excluding hydrogens is 382 g/mol. The average molecular weight is 414 g/mol. The zero-order valence-electron chi connectivity index (χ0n) is 18.0. The summed E-state index contributed by atoms with van der Waals surface area (Å²) in [6, 6.07) is 3.87. The molecule has 162 valence electrons. The Morgan fingerprint density at radius 3 is 2.57 bits per heavy atom. The van der Waals surface area contributed by atoms with Crippen LogP contribution >= 0.6 is 0 Å². The number of carbonyl (C=O) groups excluding carboxylic acids is 1. The summed E-state index contributed by atoms with van der Waals surface area (Å²) in [6.45, 7) is 3.60. The van der Waals surface area contributed by atoms with Gasteiger partial charge in [-0.05, 0) is 64.0 Å². The fraction of sp³-hybridized carbons (Fsp3) is 0.636. The van der Waals surface area contributed by atoms with E-state index in [4.69, 9.17) is 14.5 Å². The quantitative estimate of drug-likeness (QED) is 0.736. The number of aromatic nitrogens is 4. The topological polar surface area (TPSA) is 82.4 Å². The maximum absolute atomic E-state index is 12.4. The first kappa shape index (κ1) is 20.6. The van der Waals surface area contributed by atoms with E-state index < -0.39 is 0 Å². The molecule has 0 N–H and O–H groups in total. The molecule has 1 saturated carbocycles. The highest BCUT2D eigenvalue weighted by Crippen LogP contribution is 2.28. The van der Waals surface area contributed by atoms with E-state index in [9.17, 15) is 4.79 Å². The van der Waals surface area contributed by atoms with E-state index in [-0.39, 0.29) is 18.8 Å². The van der Waals surface area contributed by atoms with Crippen molar-refractivity contribution >= 4 is 6.09 Å². The lowest BCUT2D eigenvalue weighted by Gasteiger charge is -2.25. The zero-order valence-corrected chi connectivity index (χ0v) is 18.0. The number of likely N-dealkylation sites (tertiary alicyclic amines) is 1. The largest absolute Gasteiger partial charge is 0.489 e. The second-order valence-corrected chi connectivity index (χ2v) is 8.27. The zero-order chi connectivity index (χ0) is 20.9. The molecule has 4 rings (SSSR count). The first-order chi connectivity index (χ1) is 14.6. The van der Waals surface area contributed by atoms with Gasteiger partial charge in [0, 0.05) is 20.1 Å². The third kappa shape index (κ3) is 4.74. The van der Waals surface area contributed by atoms with E-state index in [0.29, 0.717) is 11.4 Å². The van der Waals surface area contributed by atoms with Gasteiger partial charge in [0.25, 0.3) is 0 Å². The molecule has 1 aliphatic carbocycles. The molecule has 3 heterocycles. The van der Waals surface area contributed by atoms with E-state index in [0.717, 1.165) is 55.9 Å². The van der Waals surface area contributed by atoms with Gasteiger partial charge >= 0.3 is 6.09 Å². The van der Waals surface area contributed by atoms with Crippen molar-refractivity contribution in [3.63, 3.8) is 0 Å². The number of carbonyl (C=O) groups is 1. The Morgan fingerprint density at radius 2 is 1.83 bits per heavy atom. The number of hydrogen-bond donors (Lipinski definition) is 0. The maximum atomic E-state index is 12.4. The summed E-state index contributed by atoms with van der Waals surface area (Å²) in [5.74, 6) is 0.826. The molecule has 0 aromatic carbocycles. The van der Waals surface area contributed by atoms with Gasteiger partial charge in [-0.1, -0.05) is 11.6 Å². The number of pyridine rings is 1. The van der Waals surface area contributed by atoms with E-state index in [1.807, 2.05) is 19.1 Å². The SMILES string of the molecule is Cc1nc(-c2nnn(C)c2COC(=O)N2CCCCC2)ccc1OC1CCCCC1. The van der Waals surface area contributed by atoms with Gasteiger partial charge in [-0.25, -0.2) is 14.5 Å². The molecule has 2 fully saturated rings. The fourth-order valence-corrected chi connectivity index (χ4v) is 4.20. The van der Waals surface area contributed by atoms with E-state index in [1.165, 1.54) is 25.7 Å². The van der Waals surface area contributed by atoms with Crippen molar-refractivity contribution in [2.45, 2.75) is 71.0 Å². The predicted octanol–water partition coefficient (Wildman–Crippen LogP) is 4.02. The number of ether oxygens (including phenoxy) is 2. The summed E-state index contributed by atoms with van der Waals surface area (Å²) >= 11 is 0. The second-order valence-electron chi connectivity index (χ2n) is 8.27. The Labute approximate surface area is 177 Å². The lowest BCUT2D eigenvalue weighted by Crippen LogP contribution is -2.36. The number of aryl methyl sites for hydroxylation is 2. The Bertz CT molecular complexity index is 870. The molecular formula is C22H31N5O3. The fourth-order valence-electron chi connectivity index (χ4n) is 4.20. The van der Waals surface area contributed by atoms with E-state index in [2.05, 4.69) is 10.3 Å². The molecule has 0 bridgehead atoms. The number of hydrogen-bond acceptors (Lipinski definition) is 6. The minimum atomic E-state index is -0.276. The minimum absolute atomic E-state index is 0.120. The summed E-state index contributed by atoms with van der Waals surface area (Å²) in [6.07, 6.45) is 9.23. The maximum Gasteiger partial charge on any atom is 0.410 e. The molecule has 1 aliphatic heterocycles. The first-order valence-corrected chi connectivity index (χ1v) is 11.1. The highest BCUT2D eigenvalue weighted by atomic mass is 16.6. The first-order valence-electron chi connectivity index (χ1n) is 11.1. The van der Waals surface area contributed by atoms with Gasteiger partial charge in [-0.3, -0.25) is 0 Å². The number of rotatable bonds is 5. The summed E-state index contributed by atoms with van der Waals surface area (Å²) in [4.78, 5) is 18.8. The molecule has 2 aromatic heterocycles. The van der Waals surface area contributed by atoms with Gasteiger partial charge in [0.15, 0.2) is 0 Å². The standard InChI is InChI=1S/C22H31N5O3/c1-16-20(30-17-9-5-3-6-10-17)12-11-18(23-16)21-19(26(2)25-24-21)15-29-22(28)27-13-7-4-8-14-27/h11-12,17H,3-10,13-15H2,1-2H3. The monoisotopic (exact) mass is 413 g/mol.